The van der Waals surface area contributed by atoms with Crippen molar-refractivity contribution in [3.05, 3.63) is 29.8 Å². The minimum absolute atomic E-state index is 0.0277. The van der Waals surface area contributed by atoms with Crippen molar-refractivity contribution in [1.82, 2.24) is 5.43 Å². The summed E-state index contributed by atoms with van der Waals surface area (Å²) in [5.41, 5.74) is 5.31. The molecule has 24 heavy (non-hydrogen) atoms. The Bertz CT molecular complexity index is 648. The maximum atomic E-state index is 12.2. The van der Waals surface area contributed by atoms with Crippen LogP contribution in [-0.2, 0) is 9.59 Å². The van der Waals surface area contributed by atoms with Gasteiger partial charge in [-0.2, -0.15) is 5.10 Å². The zero-order valence-corrected chi connectivity index (χ0v) is 14.3. The van der Waals surface area contributed by atoms with E-state index in [1.807, 2.05) is 36.1 Å². The molecule has 0 aromatic heterocycles. The number of anilines is 1. The lowest BCUT2D eigenvalue weighted by atomic mass is 9.89. The summed E-state index contributed by atoms with van der Waals surface area (Å²) < 4.78 is 0. The summed E-state index contributed by atoms with van der Waals surface area (Å²) >= 11 is 0. The van der Waals surface area contributed by atoms with Gasteiger partial charge in [0.1, 0.15) is 0 Å². The second-order valence-electron chi connectivity index (χ2n) is 6.71. The van der Waals surface area contributed by atoms with Crippen molar-refractivity contribution < 1.29 is 9.59 Å². The van der Waals surface area contributed by atoms with E-state index in [2.05, 4.69) is 10.5 Å². The lowest BCUT2D eigenvalue weighted by molar-refractivity contribution is -0.125. The molecular formula is C19H25N3O2. The molecule has 1 aromatic rings. The number of hydrogen-bond acceptors (Lipinski definition) is 3. The van der Waals surface area contributed by atoms with Crippen molar-refractivity contribution in [2.45, 2.75) is 51.9 Å². The molecule has 3 rings (SSSR count). The average Bonchev–Trinajstić information content (AvgIpc) is 3.06. The second kappa shape index (κ2) is 7.60. The summed E-state index contributed by atoms with van der Waals surface area (Å²) in [5.74, 6) is 0.302. The van der Waals surface area contributed by atoms with Crippen molar-refractivity contribution >= 4 is 23.2 Å². The van der Waals surface area contributed by atoms with Crippen molar-refractivity contribution in [1.29, 1.82) is 0 Å². The number of amides is 2. The van der Waals surface area contributed by atoms with Gasteiger partial charge in [-0.1, -0.05) is 31.4 Å². The number of benzene rings is 1. The molecule has 1 aliphatic heterocycles. The smallest absolute Gasteiger partial charge is 0.243 e. The molecule has 1 N–H and O–H groups in total. The van der Waals surface area contributed by atoms with Crippen LogP contribution in [0.1, 0.15) is 57.4 Å². The largest absolute Gasteiger partial charge is 0.312 e. The molecule has 0 bridgehead atoms. The van der Waals surface area contributed by atoms with Crippen LogP contribution in [0.4, 0.5) is 5.69 Å². The van der Waals surface area contributed by atoms with Gasteiger partial charge in [-0.05, 0) is 43.9 Å². The molecule has 1 aliphatic carbocycles. The first-order valence-electron chi connectivity index (χ1n) is 8.90. The highest BCUT2D eigenvalue weighted by Gasteiger charge is 2.22. The minimum Gasteiger partial charge on any atom is -0.312 e. The standard InChI is InChI=1S/C19H25N3O2/c1-14(20-21-19(24)15-7-3-2-4-8-15)16-9-5-10-17(13-16)22-12-6-11-18(22)23/h5,9-10,13,15H,2-4,6-8,11-12H2,1H3,(H,21,24)/b20-14-. The van der Waals surface area contributed by atoms with E-state index < -0.39 is 0 Å². The van der Waals surface area contributed by atoms with Gasteiger partial charge in [0.2, 0.25) is 11.8 Å². The molecule has 1 saturated heterocycles. The molecule has 2 fully saturated rings. The molecule has 5 heteroatoms. The molecule has 128 valence electrons. The fraction of sp³-hybridized carbons (Fsp3) is 0.526. The van der Waals surface area contributed by atoms with Crippen LogP contribution in [0.25, 0.3) is 0 Å². The first-order chi connectivity index (χ1) is 11.6. The SMILES string of the molecule is C/C(=N/NC(=O)C1CCCCC1)c1cccc(N2CCCC2=O)c1. The molecule has 0 unspecified atom stereocenters. The normalized spacial score (nSPS) is 19.6. The van der Waals surface area contributed by atoms with Gasteiger partial charge < -0.3 is 4.90 Å². The highest BCUT2D eigenvalue weighted by atomic mass is 16.2. The maximum absolute atomic E-state index is 12.2. The summed E-state index contributed by atoms with van der Waals surface area (Å²) in [5, 5.41) is 4.27. The molecule has 1 aromatic carbocycles. The fourth-order valence-electron chi connectivity index (χ4n) is 3.48. The van der Waals surface area contributed by atoms with Gasteiger partial charge in [0.15, 0.2) is 0 Å². The van der Waals surface area contributed by atoms with E-state index in [1.54, 1.807) is 0 Å². The first kappa shape index (κ1) is 16.7. The highest BCUT2D eigenvalue weighted by Crippen LogP contribution is 2.24. The predicted octanol–water partition coefficient (Wildman–Crippen LogP) is 3.23. The average molecular weight is 327 g/mol. The zero-order chi connectivity index (χ0) is 16.9. The van der Waals surface area contributed by atoms with E-state index in [4.69, 9.17) is 0 Å². The van der Waals surface area contributed by atoms with Crippen LogP contribution in [0.15, 0.2) is 29.4 Å². The van der Waals surface area contributed by atoms with Crippen molar-refractivity contribution in [2.24, 2.45) is 11.0 Å². The molecule has 1 saturated carbocycles. The fourth-order valence-corrected chi connectivity index (χ4v) is 3.48. The van der Waals surface area contributed by atoms with Crippen LogP contribution >= 0.6 is 0 Å². The second-order valence-corrected chi connectivity index (χ2v) is 6.71. The van der Waals surface area contributed by atoms with Gasteiger partial charge in [0.25, 0.3) is 0 Å². The summed E-state index contributed by atoms with van der Waals surface area (Å²) in [6.45, 7) is 2.66. The van der Waals surface area contributed by atoms with Crippen molar-refractivity contribution in [3.8, 4) is 0 Å². The topological polar surface area (TPSA) is 61.8 Å². The van der Waals surface area contributed by atoms with E-state index in [9.17, 15) is 9.59 Å². The number of rotatable bonds is 4. The number of hydrazone groups is 1. The predicted molar refractivity (Wildman–Crippen MR) is 95.0 cm³/mol. The third-order valence-corrected chi connectivity index (χ3v) is 4.96. The van der Waals surface area contributed by atoms with Gasteiger partial charge in [0.05, 0.1) is 5.71 Å². The van der Waals surface area contributed by atoms with Crippen molar-refractivity contribution in [2.75, 3.05) is 11.4 Å². The molecular weight excluding hydrogens is 302 g/mol. The highest BCUT2D eigenvalue weighted by molar-refractivity contribution is 6.01. The van der Waals surface area contributed by atoms with Gasteiger partial charge in [-0.25, -0.2) is 5.43 Å². The number of carbonyl (C=O) groups excluding carboxylic acids is 2. The Kier molecular flexibility index (Phi) is 5.28. The third kappa shape index (κ3) is 3.83. The summed E-state index contributed by atoms with van der Waals surface area (Å²) in [7, 11) is 0. The third-order valence-electron chi connectivity index (χ3n) is 4.96. The van der Waals surface area contributed by atoms with Crippen molar-refractivity contribution in [3.63, 3.8) is 0 Å². The Balaban J connectivity index is 1.66. The molecule has 0 atom stereocenters. The zero-order valence-electron chi connectivity index (χ0n) is 14.3. The van der Waals surface area contributed by atoms with Gasteiger partial charge in [-0.15, -0.1) is 0 Å². The Labute approximate surface area is 143 Å². The molecule has 2 amide bonds. The Hall–Kier alpha value is -2.17. The quantitative estimate of drug-likeness (QED) is 0.682. The number of hydrogen-bond donors (Lipinski definition) is 1. The van der Waals surface area contributed by atoms with Gasteiger partial charge in [0, 0.05) is 24.6 Å². The molecule has 2 aliphatic rings. The van der Waals surface area contributed by atoms with Gasteiger partial charge >= 0.3 is 0 Å². The molecule has 5 nitrogen and oxygen atoms in total. The van der Waals surface area contributed by atoms with Gasteiger partial charge in [-0.3, -0.25) is 9.59 Å². The van der Waals surface area contributed by atoms with E-state index in [1.165, 1.54) is 6.42 Å². The van der Waals surface area contributed by atoms with E-state index >= 15 is 0 Å². The Morgan fingerprint density at radius 1 is 1.21 bits per heavy atom. The summed E-state index contributed by atoms with van der Waals surface area (Å²) in [4.78, 5) is 25.9. The lowest BCUT2D eigenvalue weighted by Gasteiger charge is -2.19. The van der Waals surface area contributed by atoms with E-state index in [0.29, 0.717) is 6.42 Å². The minimum atomic E-state index is 0.0277. The molecule has 0 spiro atoms. The van der Waals surface area contributed by atoms with Crippen LogP contribution in [0.2, 0.25) is 0 Å². The molecule has 1 heterocycles. The number of nitrogens with one attached hydrogen (secondary N) is 1. The number of carbonyl (C=O) groups is 2. The van der Waals surface area contributed by atoms with E-state index in [0.717, 1.165) is 55.6 Å². The Morgan fingerprint density at radius 3 is 2.71 bits per heavy atom. The Morgan fingerprint density at radius 2 is 2.00 bits per heavy atom. The monoisotopic (exact) mass is 327 g/mol. The van der Waals surface area contributed by atoms with Crippen LogP contribution in [0.3, 0.4) is 0 Å². The van der Waals surface area contributed by atoms with Crippen LogP contribution in [0, 0.1) is 5.92 Å². The molecule has 0 radical (unpaired) electrons. The van der Waals surface area contributed by atoms with Crippen LogP contribution in [0.5, 0.6) is 0 Å². The maximum Gasteiger partial charge on any atom is 0.243 e. The summed E-state index contributed by atoms with van der Waals surface area (Å²) in [6.07, 6.45) is 6.95. The van der Waals surface area contributed by atoms with E-state index in [-0.39, 0.29) is 17.7 Å². The number of nitrogens with zero attached hydrogens (tertiary/aromatic N) is 2. The lowest BCUT2D eigenvalue weighted by Crippen LogP contribution is -2.29. The van der Waals surface area contributed by atoms with Crippen LogP contribution in [-0.4, -0.2) is 24.1 Å². The summed E-state index contributed by atoms with van der Waals surface area (Å²) in [6, 6.07) is 7.79. The van der Waals surface area contributed by atoms with Crippen LogP contribution < -0.4 is 10.3 Å². The first-order valence-corrected chi connectivity index (χ1v) is 8.90.